The first-order valence-corrected chi connectivity index (χ1v) is 9.42. The van der Waals surface area contributed by atoms with Crippen molar-refractivity contribution in [2.75, 3.05) is 13.7 Å². The highest BCUT2D eigenvalue weighted by molar-refractivity contribution is 5.92. The van der Waals surface area contributed by atoms with Gasteiger partial charge in [-0.1, -0.05) is 37.3 Å². The van der Waals surface area contributed by atoms with Gasteiger partial charge in [0.05, 0.1) is 12.2 Å². The van der Waals surface area contributed by atoms with Crippen LogP contribution in [0, 0.1) is 6.92 Å². The maximum atomic E-state index is 12.9. The number of fused-ring (bicyclic) bond motifs is 1. The van der Waals surface area contributed by atoms with Crippen molar-refractivity contribution in [2.24, 2.45) is 0 Å². The number of aryl methyl sites for hydroxylation is 2. The highest BCUT2D eigenvalue weighted by atomic mass is 16.5. The monoisotopic (exact) mass is 381 g/mol. The second kappa shape index (κ2) is 7.59. The van der Waals surface area contributed by atoms with Crippen molar-refractivity contribution in [2.45, 2.75) is 39.3 Å². The molecule has 28 heavy (non-hydrogen) atoms. The molecule has 1 aromatic carbocycles. The number of carbonyl (C=O) groups is 1. The molecule has 1 aliphatic rings. The number of rotatable bonds is 5. The number of carbonyl (C=O) groups excluding carboxylic acids is 1. The third-order valence-electron chi connectivity index (χ3n) is 4.93. The first-order valence-electron chi connectivity index (χ1n) is 9.42. The second-order valence-electron chi connectivity index (χ2n) is 6.80. The van der Waals surface area contributed by atoms with E-state index in [-0.39, 0.29) is 12.0 Å². The van der Waals surface area contributed by atoms with Gasteiger partial charge in [0.15, 0.2) is 12.0 Å². The Hall–Kier alpha value is -2.93. The summed E-state index contributed by atoms with van der Waals surface area (Å²) in [4.78, 5) is 23.5. The van der Waals surface area contributed by atoms with Crippen LogP contribution in [0.25, 0.3) is 0 Å². The molecule has 1 amide bonds. The summed E-state index contributed by atoms with van der Waals surface area (Å²) >= 11 is 0. The van der Waals surface area contributed by atoms with Crippen molar-refractivity contribution in [3.63, 3.8) is 0 Å². The molecule has 1 aliphatic heterocycles. The number of hydrogen-bond acceptors (Lipinski definition) is 6. The lowest BCUT2D eigenvalue weighted by atomic mass is 10.1. The van der Waals surface area contributed by atoms with Crippen molar-refractivity contribution in [1.29, 1.82) is 0 Å². The van der Waals surface area contributed by atoms with Gasteiger partial charge in [-0.3, -0.25) is 4.79 Å². The van der Waals surface area contributed by atoms with E-state index < -0.39 is 0 Å². The van der Waals surface area contributed by atoms with E-state index in [9.17, 15) is 4.79 Å². The Morgan fingerprint density at radius 2 is 2.04 bits per heavy atom. The van der Waals surface area contributed by atoms with Crippen LogP contribution < -0.4 is 0 Å². The summed E-state index contributed by atoms with van der Waals surface area (Å²) in [5, 5.41) is 0. The van der Waals surface area contributed by atoms with E-state index in [1.165, 1.54) is 0 Å². The van der Waals surface area contributed by atoms with Gasteiger partial charge in [-0.15, -0.1) is 0 Å². The standard InChI is InChI=1S/C21H23N3O4/c1-4-17-22-13(2)18(28-17)21(25)24-11-10-16-15(12-24)23-20(27-16)19(26-3)14-8-6-5-7-9-14/h5-9,19H,4,10-12H2,1-3H3. The van der Waals surface area contributed by atoms with Crippen LogP contribution in [0.3, 0.4) is 0 Å². The number of nitrogens with zero attached hydrogens (tertiary/aromatic N) is 3. The van der Waals surface area contributed by atoms with Gasteiger partial charge in [-0.2, -0.15) is 0 Å². The smallest absolute Gasteiger partial charge is 0.291 e. The number of aromatic nitrogens is 2. The van der Waals surface area contributed by atoms with Gasteiger partial charge < -0.3 is 18.5 Å². The third-order valence-corrected chi connectivity index (χ3v) is 4.93. The number of amides is 1. The van der Waals surface area contributed by atoms with Crippen molar-refractivity contribution in [3.8, 4) is 0 Å². The topological polar surface area (TPSA) is 81.6 Å². The summed E-state index contributed by atoms with van der Waals surface area (Å²) in [6.45, 7) is 4.67. The molecule has 0 saturated heterocycles. The Bertz CT molecular complexity index is 977. The Labute approximate surface area is 163 Å². The van der Waals surface area contributed by atoms with E-state index in [1.807, 2.05) is 37.3 Å². The minimum Gasteiger partial charge on any atom is -0.442 e. The quantitative estimate of drug-likeness (QED) is 0.673. The van der Waals surface area contributed by atoms with Crippen LogP contribution in [-0.2, 0) is 24.1 Å². The average Bonchev–Trinajstić information content (AvgIpc) is 3.31. The molecule has 146 valence electrons. The highest BCUT2D eigenvalue weighted by Crippen LogP contribution is 2.29. The molecule has 0 bridgehead atoms. The van der Waals surface area contributed by atoms with Gasteiger partial charge in [0.2, 0.25) is 11.7 Å². The molecule has 3 heterocycles. The molecular formula is C21H23N3O4. The molecule has 7 nitrogen and oxygen atoms in total. The second-order valence-corrected chi connectivity index (χ2v) is 6.80. The zero-order valence-electron chi connectivity index (χ0n) is 16.3. The Kier molecular flexibility index (Phi) is 5.00. The predicted octanol–water partition coefficient (Wildman–Crippen LogP) is 3.47. The minimum absolute atomic E-state index is 0.161. The fourth-order valence-electron chi connectivity index (χ4n) is 3.46. The summed E-state index contributed by atoms with van der Waals surface area (Å²) in [5.41, 5.74) is 2.36. The maximum Gasteiger partial charge on any atom is 0.291 e. The Balaban J connectivity index is 1.56. The summed E-state index contributed by atoms with van der Waals surface area (Å²) in [7, 11) is 1.63. The van der Waals surface area contributed by atoms with Crippen molar-refractivity contribution < 1.29 is 18.4 Å². The molecular weight excluding hydrogens is 358 g/mol. The third kappa shape index (κ3) is 3.33. The molecule has 3 aromatic rings. The predicted molar refractivity (Wildman–Crippen MR) is 101 cm³/mol. The lowest BCUT2D eigenvalue weighted by Gasteiger charge is -2.24. The molecule has 0 radical (unpaired) electrons. The zero-order chi connectivity index (χ0) is 19.7. The number of ether oxygens (including phenoxy) is 1. The fourth-order valence-corrected chi connectivity index (χ4v) is 3.46. The lowest BCUT2D eigenvalue weighted by molar-refractivity contribution is 0.0692. The Morgan fingerprint density at radius 3 is 2.71 bits per heavy atom. The van der Waals surface area contributed by atoms with E-state index in [2.05, 4.69) is 9.97 Å². The van der Waals surface area contributed by atoms with Crippen molar-refractivity contribution >= 4 is 5.91 Å². The van der Waals surface area contributed by atoms with Crippen LogP contribution in [-0.4, -0.2) is 34.4 Å². The zero-order valence-corrected chi connectivity index (χ0v) is 16.3. The van der Waals surface area contributed by atoms with E-state index >= 15 is 0 Å². The van der Waals surface area contributed by atoms with Crippen molar-refractivity contribution in [1.82, 2.24) is 14.9 Å². The van der Waals surface area contributed by atoms with Crippen LogP contribution in [0.4, 0.5) is 0 Å². The average molecular weight is 381 g/mol. The number of hydrogen-bond donors (Lipinski definition) is 0. The number of oxazole rings is 2. The maximum absolute atomic E-state index is 12.9. The van der Waals surface area contributed by atoms with E-state index in [0.29, 0.717) is 49.2 Å². The summed E-state index contributed by atoms with van der Waals surface area (Å²) in [5.74, 6) is 2.04. The van der Waals surface area contributed by atoms with Gasteiger partial charge >= 0.3 is 0 Å². The SMILES string of the molecule is CCc1nc(C)c(C(=O)N2CCc3oc(C(OC)c4ccccc4)nc3C2)o1. The molecule has 1 atom stereocenters. The fraction of sp³-hybridized carbons (Fsp3) is 0.381. The first-order chi connectivity index (χ1) is 13.6. The minimum atomic E-state index is -0.375. The van der Waals surface area contributed by atoms with Crippen LogP contribution in [0.2, 0.25) is 0 Å². The van der Waals surface area contributed by atoms with Crippen molar-refractivity contribution in [3.05, 3.63) is 70.6 Å². The Morgan fingerprint density at radius 1 is 1.25 bits per heavy atom. The molecule has 0 spiro atoms. The molecule has 4 rings (SSSR count). The lowest BCUT2D eigenvalue weighted by Crippen LogP contribution is -2.36. The highest BCUT2D eigenvalue weighted by Gasteiger charge is 2.31. The molecule has 0 aliphatic carbocycles. The van der Waals surface area contributed by atoms with Crippen LogP contribution in [0.5, 0.6) is 0 Å². The molecule has 0 fully saturated rings. The molecule has 0 saturated carbocycles. The normalized spacial score (nSPS) is 14.8. The van der Waals surface area contributed by atoms with Gasteiger partial charge in [-0.25, -0.2) is 9.97 Å². The summed E-state index contributed by atoms with van der Waals surface area (Å²) < 4.78 is 17.2. The van der Waals surface area contributed by atoms with Crippen LogP contribution in [0.15, 0.2) is 39.2 Å². The van der Waals surface area contributed by atoms with E-state index in [1.54, 1.807) is 18.9 Å². The molecule has 2 aromatic heterocycles. The number of methoxy groups -OCH3 is 1. The van der Waals surface area contributed by atoms with E-state index in [4.69, 9.17) is 13.6 Å². The largest absolute Gasteiger partial charge is 0.442 e. The summed E-state index contributed by atoms with van der Waals surface area (Å²) in [6, 6.07) is 9.82. The van der Waals surface area contributed by atoms with Crippen LogP contribution in [0.1, 0.15) is 58.1 Å². The molecule has 7 heteroatoms. The van der Waals surface area contributed by atoms with Crippen LogP contribution >= 0.6 is 0 Å². The first kappa shape index (κ1) is 18.4. The van der Waals surface area contributed by atoms with Gasteiger partial charge in [-0.05, 0) is 12.5 Å². The van der Waals surface area contributed by atoms with Gasteiger partial charge in [0.25, 0.3) is 5.91 Å². The molecule has 1 unspecified atom stereocenters. The molecule has 0 N–H and O–H groups in total. The van der Waals surface area contributed by atoms with E-state index in [0.717, 1.165) is 17.0 Å². The summed E-state index contributed by atoms with van der Waals surface area (Å²) in [6.07, 6.45) is 0.884. The van der Waals surface area contributed by atoms with Gasteiger partial charge in [0, 0.05) is 26.5 Å². The number of benzene rings is 1. The van der Waals surface area contributed by atoms with Gasteiger partial charge in [0.1, 0.15) is 11.5 Å².